The van der Waals surface area contributed by atoms with Gasteiger partial charge in [0.25, 0.3) is 0 Å². The summed E-state index contributed by atoms with van der Waals surface area (Å²) in [7, 11) is 0. The van der Waals surface area contributed by atoms with Crippen molar-refractivity contribution in [3.8, 4) is 16.9 Å². The molecule has 0 aromatic heterocycles. The Morgan fingerprint density at radius 1 is 1.00 bits per heavy atom. The van der Waals surface area contributed by atoms with Gasteiger partial charge < -0.3 is 4.74 Å². The smallest absolute Gasteiger partial charge is 0.154 e. The maximum Gasteiger partial charge on any atom is 0.154 e. The van der Waals surface area contributed by atoms with Crippen molar-refractivity contribution in [2.24, 2.45) is 0 Å². The zero-order valence-electron chi connectivity index (χ0n) is 8.39. The second kappa shape index (κ2) is 5.23. The monoisotopic (exact) mass is 292 g/mol. The number of ether oxygens (including phenoxy) is 1. The highest BCUT2D eigenvalue weighted by atomic mass is 79.9. The van der Waals surface area contributed by atoms with E-state index < -0.39 is 0 Å². The van der Waals surface area contributed by atoms with Gasteiger partial charge >= 0.3 is 0 Å². The zero-order chi connectivity index (χ0) is 11.4. The first-order valence-corrected chi connectivity index (χ1v) is 6.02. The highest BCUT2D eigenvalue weighted by Crippen LogP contribution is 2.24. The van der Waals surface area contributed by atoms with Crippen LogP contribution in [0.5, 0.6) is 5.75 Å². The summed E-state index contributed by atoms with van der Waals surface area (Å²) >= 11 is 8.08. The van der Waals surface area contributed by atoms with Crippen molar-refractivity contribution in [2.45, 2.75) is 0 Å². The average molecular weight is 293 g/mol. The lowest BCUT2D eigenvalue weighted by Gasteiger charge is -2.03. The molecule has 0 saturated heterocycles. The molecule has 0 aliphatic rings. The number of hydrogen-bond acceptors (Lipinski definition) is 2. The molecule has 0 aliphatic heterocycles. The first kappa shape index (κ1) is 11.3. The molecule has 2 aromatic rings. The van der Waals surface area contributed by atoms with Crippen LogP contribution >= 0.6 is 28.1 Å². The van der Waals surface area contributed by atoms with E-state index in [4.69, 9.17) is 4.74 Å². The van der Waals surface area contributed by atoms with Gasteiger partial charge in [-0.05, 0) is 47.6 Å². The van der Waals surface area contributed by atoms with Crippen molar-refractivity contribution in [3.63, 3.8) is 0 Å². The van der Waals surface area contributed by atoms with Crippen LogP contribution in [0.1, 0.15) is 0 Å². The van der Waals surface area contributed by atoms with Gasteiger partial charge in [-0.25, -0.2) is 0 Å². The van der Waals surface area contributed by atoms with E-state index in [1.165, 1.54) is 11.1 Å². The third-order valence-electron chi connectivity index (χ3n) is 2.20. The number of thiocarbonyl (C=S) groups is 1. The van der Waals surface area contributed by atoms with Crippen LogP contribution in [-0.4, -0.2) is 5.55 Å². The molecular weight excluding hydrogens is 284 g/mol. The first-order valence-electron chi connectivity index (χ1n) is 4.76. The number of hydrogen-bond donors (Lipinski definition) is 0. The predicted molar refractivity (Wildman–Crippen MR) is 73.9 cm³/mol. The van der Waals surface area contributed by atoms with E-state index in [2.05, 4.69) is 40.3 Å². The normalized spacial score (nSPS) is 9.81. The van der Waals surface area contributed by atoms with Gasteiger partial charge in [0.1, 0.15) is 5.75 Å². The summed E-state index contributed by atoms with van der Waals surface area (Å²) in [5.74, 6) is 0.758. The van der Waals surface area contributed by atoms with E-state index in [1.807, 2.05) is 36.4 Å². The van der Waals surface area contributed by atoms with Gasteiger partial charge in [0.05, 0.1) is 0 Å². The first-order chi connectivity index (χ1) is 7.79. The Labute approximate surface area is 108 Å². The molecule has 0 atom stereocenters. The third-order valence-corrected chi connectivity index (χ3v) is 2.79. The Balaban J connectivity index is 2.31. The highest BCUT2D eigenvalue weighted by Gasteiger charge is 1.98. The van der Waals surface area contributed by atoms with E-state index in [-0.39, 0.29) is 0 Å². The van der Waals surface area contributed by atoms with Gasteiger partial charge in [-0.2, -0.15) is 0 Å². The molecule has 2 aromatic carbocycles. The molecule has 0 radical (unpaired) electrons. The fraction of sp³-hybridized carbons (Fsp3) is 0. The van der Waals surface area contributed by atoms with Crippen molar-refractivity contribution in [1.82, 2.24) is 0 Å². The molecule has 0 saturated carbocycles. The molecule has 80 valence electrons. The van der Waals surface area contributed by atoms with Crippen molar-refractivity contribution in [2.75, 3.05) is 0 Å². The van der Waals surface area contributed by atoms with Crippen LogP contribution in [-0.2, 0) is 0 Å². The Morgan fingerprint density at radius 2 is 1.75 bits per heavy atom. The predicted octanol–water partition coefficient (Wildman–Crippen LogP) is 4.45. The lowest BCUT2D eigenvalue weighted by Crippen LogP contribution is -1.86. The van der Waals surface area contributed by atoms with Crippen LogP contribution in [0.25, 0.3) is 11.1 Å². The highest BCUT2D eigenvalue weighted by molar-refractivity contribution is 9.10. The molecule has 2 rings (SSSR count). The fourth-order valence-electron chi connectivity index (χ4n) is 1.45. The molecule has 0 amide bonds. The van der Waals surface area contributed by atoms with Gasteiger partial charge in [0, 0.05) is 4.47 Å². The zero-order valence-corrected chi connectivity index (χ0v) is 10.8. The van der Waals surface area contributed by atoms with Crippen LogP contribution in [0.4, 0.5) is 0 Å². The molecule has 0 aliphatic carbocycles. The second-order valence-electron chi connectivity index (χ2n) is 3.25. The van der Waals surface area contributed by atoms with Crippen molar-refractivity contribution in [1.29, 1.82) is 0 Å². The largest absolute Gasteiger partial charge is 0.454 e. The Bertz CT molecular complexity index is 494. The lowest BCUT2D eigenvalue weighted by molar-refractivity contribution is 0.586. The summed E-state index contributed by atoms with van der Waals surface area (Å²) in [5.41, 5.74) is 3.58. The molecule has 16 heavy (non-hydrogen) atoms. The summed E-state index contributed by atoms with van der Waals surface area (Å²) in [6.45, 7) is 0. The van der Waals surface area contributed by atoms with Crippen molar-refractivity contribution < 1.29 is 4.74 Å². The topological polar surface area (TPSA) is 9.23 Å². The minimum absolute atomic E-state index is 0.758. The van der Waals surface area contributed by atoms with E-state index in [1.54, 1.807) is 0 Å². The summed E-state index contributed by atoms with van der Waals surface area (Å²) in [5, 5.41) is 0. The van der Waals surface area contributed by atoms with Crippen LogP contribution in [0, 0.1) is 0 Å². The van der Waals surface area contributed by atoms with Crippen molar-refractivity contribution in [3.05, 3.63) is 53.0 Å². The molecule has 0 heterocycles. The van der Waals surface area contributed by atoms with E-state index in [9.17, 15) is 0 Å². The fourth-order valence-corrected chi connectivity index (χ4v) is 1.96. The third kappa shape index (κ3) is 2.68. The molecule has 0 bridgehead atoms. The quantitative estimate of drug-likeness (QED) is 0.773. The number of halogens is 1. The second-order valence-corrected chi connectivity index (χ2v) is 4.36. The van der Waals surface area contributed by atoms with Gasteiger partial charge in [0.2, 0.25) is 0 Å². The lowest BCUT2D eigenvalue weighted by atomic mass is 10.1. The summed E-state index contributed by atoms with van der Waals surface area (Å²) in [6, 6.07) is 16.0. The Hall–Kier alpha value is -1.19. The average Bonchev–Trinajstić information content (AvgIpc) is 2.30. The van der Waals surface area contributed by atoms with E-state index in [0.29, 0.717) is 0 Å². The maximum absolute atomic E-state index is 5.10. The van der Waals surface area contributed by atoms with Crippen LogP contribution < -0.4 is 4.74 Å². The molecular formula is C13H9BrOS. The molecule has 0 unspecified atom stereocenters. The SMILES string of the molecule is S=COc1ccc(-c2cccc(Br)c2)cc1. The van der Waals surface area contributed by atoms with Crippen molar-refractivity contribution >= 4 is 33.7 Å². The van der Waals surface area contributed by atoms with Gasteiger partial charge in [0.15, 0.2) is 5.55 Å². The standard InChI is InChI=1S/C13H9BrOS/c14-12-3-1-2-11(8-12)10-4-6-13(7-5-10)15-9-16/h1-9H. The maximum atomic E-state index is 5.10. The van der Waals surface area contributed by atoms with Crippen LogP contribution in [0.2, 0.25) is 0 Å². The summed E-state index contributed by atoms with van der Waals surface area (Å²) < 4.78 is 6.17. The van der Waals surface area contributed by atoms with E-state index in [0.717, 1.165) is 15.8 Å². The number of rotatable bonds is 3. The Morgan fingerprint density at radius 3 is 2.38 bits per heavy atom. The summed E-state index contributed by atoms with van der Waals surface area (Å²) in [6.07, 6.45) is 0. The number of benzene rings is 2. The molecule has 0 fully saturated rings. The molecule has 0 N–H and O–H groups in total. The minimum atomic E-state index is 0.758. The molecule has 0 spiro atoms. The van der Waals surface area contributed by atoms with Gasteiger partial charge in [-0.15, -0.1) is 0 Å². The van der Waals surface area contributed by atoms with Gasteiger partial charge in [-0.1, -0.05) is 40.2 Å². The van der Waals surface area contributed by atoms with E-state index >= 15 is 0 Å². The van der Waals surface area contributed by atoms with Crippen LogP contribution in [0.3, 0.4) is 0 Å². The van der Waals surface area contributed by atoms with Crippen LogP contribution in [0.15, 0.2) is 53.0 Å². The molecule has 3 heteroatoms. The summed E-state index contributed by atoms with van der Waals surface area (Å²) in [4.78, 5) is 0. The minimum Gasteiger partial charge on any atom is -0.454 e. The van der Waals surface area contributed by atoms with Gasteiger partial charge in [-0.3, -0.25) is 0 Å². The molecule has 1 nitrogen and oxygen atoms in total. The Kier molecular flexibility index (Phi) is 3.70.